The van der Waals surface area contributed by atoms with Crippen molar-refractivity contribution >= 4 is 5.91 Å². The molecule has 0 spiro atoms. The van der Waals surface area contributed by atoms with Crippen LogP contribution in [0.4, 0.5) is 0 Å². The average molecular weight is 344 g/mol. The predicted molar refractivity (Wildman–Crippen MR) is 103 cm³/mol. The molecule has 2 atom stereocenters. The molecular formula is C21H33N3O. The van der Waals surface area contributed by atoms with Gasteiger partial charge in [-0.3, -0.25) is 14.6 Å². The average Bonchev–Trinajstić information content (AvgIpc) is 3.08. The van der Waals surface area contributed by atoms with Crippen molar-refractivity contribution in [3.8, 4) is 0 Å². The Morgan fingerprint density at radius 1 is 1.20 bits per heavy atom. The van der Waals surface area contributed by atoms with Crippen LogP contribution in [-0.4, -0.2) is 54.0 Å². The molecule has 0 aliphatic carbocycles. The van der Waals surface area contributed by atoms with Crippen LogP contribution in [-0.2, 0) is 11.3 Å². The molecule has 2 unspecified atom stereocenters. The van der Waals surface area contributed by atoms with Crippen LogP contribution in [0, 0.1) is 6.92 Å². The number of rotatable bonds is 6. The van der Waals surface area contributed by atoms with Crippen LogP contribution in [0.5, 0.6) is 0 Å². The minimum Gasteiger partial charge on any atom is -0.353 e. The smallest absolute Gasteiger partial charge is 0.237 e. The van der Waals surface area contributed by atoms with Gasteiger partial charge in [-0.15, -0.1) is 0 Å². The molecule has 4 nitrogen and oxygen atoms in total. The highest BCUT2D eigenvalue weighted by molar-refractivity contribution is 5.82. The molecule has 2 aliphatic heterocycles. The zero-order valence-corrected chi connectivity index (χ0v) is 15.8. The van der Waals surface area contributed by atoms with Gasteiger partial charge in [-0.05, 0) is 64.7 Å². The van der Waals surface area contributed by atoms with Crippen molar-refractivity contribution < 1.29 is 4.79 Å². The van der Waals surface area contributed by atoms with Crippen LogP contribution in [0.1, 0.15) is 50.2 Å². The Kier molecular flexibility index (Phi) is 6.49. The van der Waals surface area contributed by atoms with Crippen LogP contribution in [0.3, 0.4) is 0 Å². The molecule has 0 aromatic heterocycles. The normalized spacial score (nSPS) is 23.5. The van der Waals surface area contributed by atoms with Crippen molar-refractivity contribution in [3.05, 3.63) is 35.4 Å². The molecule has 25 heavy (non-hydrogen) atoms. The van der Waals surface area contributed by atoms with Crippen LogP contribution in [0.25, 0.3) is 0 Å². The monoisotopic (exact) mass is 343 g/mol. The van der Waals surface area contributed by atoms with E-state index in [0.717, 1.165) is 32.5 Å². The highest BCUT2D eigenvalue weighted by atomic mass is 16.2. The van der Waals surface area contributed by atoms with Gasteiger partial charge < -0.3 is 5.32 Å². The van der Waals surface area contributed by atoms with E-state index in [0.29, 0.717) is 6.04 Å². The second-order valence-corrected chi connectivity index (χ2v) is 7.81. The number of amides is 1. The molecule has 1 N–H and O–H groups in total. The molecule has 0 radical (unpaired) electrons. The fourth-order valence-electron chi connectivity index (χ4n) is 4.21. The van der Waals surface area contributed by atoms with E-state index >= 15 is 0 Å². The van der Waals surface area contributed by atoms with E-state index in [1.807, 2.05) is 0 Å². The Bertz CT molecular complexity index is 568. The van der Waals surface area contributed by atoms with Gasteiger partial charge in [0.2, 0.25) is 5.91 Å². The first-order chi connectivity index (χ1) is 12.1. The van der Waals surface area contributed by atoms with Crippen LogP contribution < -0.4 is 5.32 Å². The maximum atomic E-state index is 12.7. The van der Waals surface area contributed by atoms with Gasteiger partial charge in [0.05, 0.1) is 6.04 Å². The van der Waals surface area contributed by atoms with Gasteiger partial charge in [0.25, 0.3) is 0 Å². The van der Waals surface area contributed by atoms with Gasteiger partial charge in [0.1, 0.15) is 0 Å². The summed E-state index contributed by atoms with van der Waals surface area (Å²) >= 11 is 0. The number of piperidine rings is 1. The lowest BCUT2D eigenvalue weighted by Gasteiger charge is -2.33. The predicted octanol–water partition coefficient (Wildman–Crippen LogP) is 2.95. The first kappa shape index (κ1) is 18.4. The summed E-state index contributed by atoms with van der Waals surface area (Å²) in [5, 5.41) is 3.23. The summed E-state index contributed by atoms with van der Waals surface area (Å²) < 4.78 is 0. The van der Waals surface area contributed by atoms with Crippen molar-refractivity contribution in [2.45, 2.75) is 64.6 Å². The number of hydrogen-bond donors (Lipinski definition) is 1. The third-order valence-corrected chi connectivity index (χ3v) is 5.72. The number of benzene rings is 1. The van der Waals surface area contributed by atoms with Gasteiger partial charge >= 0.3 is 0 Å². The second kappa shape index (κ2) is 8.81. The highest BCUT2D eigenvalue weighted by Gasteiger charge is 2.31. The van der Waals surface area contributed by atoms with E-state index in [9.17, 15) is 4.79 Å². The first-order valence-corrected chi connectivity index (χ1v) is 9.95. The van der Waals surface area contributed by atoms with Crippen molar-refractivity contribution in [1.82, 2.24) is 15.1 Å². The zero-order valence-electron chi connectivity index (χ0n) is 15.8. The van der Waals surface area contributed by atoms with Gasteiger partial charge in [-0.25, -0.2) is 0 Å². The maximum absolute atomic E-state index is 12.7. The molecule has 138 valence electrons. The molecule has 1 aromatic rings. The first-order valence-electron chi connectivity index (χ1n) is 9.95. The summed E-state index contributed by atoms with van der Waals surface area (Å²) in [4.78, 5) is 17.6. The van der Waals surface area contributed by atoms with E-state index in [1.165, 1.54) is 43.5 Å². The molecule has 1 aromatic carbocycles. The lowest BCUT2D eigenvalue weighted by Crippen LogP contribution is -2.48. The quantitative estimate of drug-likeness (QED) is 0.863. The Balaban J connectivity index is 1.50. The summed E-state index contributed by atoms with van der Waals surface area (Å²) in [5.74, 6) is 0.217. The summed E-state index contributed by atoms with van der Waals surface area (Å²) in [6.07, 6.45) is 6.04. The molecule has 3 rings (SSSR count). The number of aryl methyl sites for hydroxylation is 1. The van der Waals surface area contributed by atoms with Crippen LogP contribution in [0.15, 0.2) is 24.3 Å². The van der Waals surface area contributed by atoms with Crippen molar-refractivity contribution in [1.29, 1.82) is 0 Å². The summed E-state index contributed by atoms with van der Waals surface area (Å²) in [7, 11) is 0. The summed E-state index contributed by atoms with van der Waals surface area (Å²) in [6, 6.07) is 9.10. The summed E-state index contributed by atoms with van der Waals surface area (Å²) in [5.41, 5.74) is 2.59. The SMILES string of the molecule is Cc1cccc(CN2CCCC2C(=O)NCC(C)N2CCCCC2)c1. The number of carbonyl (C=O) groups excluding carboxylic acids is 1. The fourth-order valence-corrected chi connectivity index (χ4v) is 4.21. The molecule has 4 heteroatoms. The number of likely N-dealkylation sites (tertiary alicyclic amines) is 2. The van der Waals surface area contributed by atoms with Gasteiger partial charge in [0, 0.05) is 19.1 Å². The molecule has 2 fully saturated rings. The Hall–Kier alpha value is -1.39. The number of hydrogen-bond acceptors (Lipinski definition) is 3. The highest BCUT2D eigenvalue weighted by Crippen LogP contribution is 2.21. The van der Waals surface area contributed by atoms with E-state index in [2.05, 4.69) is 53.2 Å². The second-order valence-electron chi connectivity index (χ2n) is 7.81. The third kappa shape index (κ3) is 5.05. The number of carbonyl (C=O) groups is 1. The molecule has 1 amide bonds. The van der Waals surface area contributed by atoms with Crippen molar-refractivity contribution in [3.63, 3.8) is 0 Å². The number of nitrogens with one attached hydrogen (secondary N) is 1. The van der Waals surface area contributed by atoms with E-state index in [4.69, 9.17) is 0 Å². The summed E-state index contributed by atoms with van der Waals surface area (Å²) in [6.45, 7) is 9.40. The lowest BCUT2D eigenvalue weighted by molar-refractivity contribution is -0.125. The van der Waals surface area contributed by atoms with Gasteiger partial charge in [-0.2, -0.15) is 0 Å². The molecule has 2 heterocycles. The third-order valence-electron chi connectivity index (χ3n) is 5.72. The minimum atomic E-state index is 0.0362. The van der Waals surface area contributed by atoms with E-state index in [1.54, 1.807) is 0 Å². The van der Waals surface area contributed by atoms with Crippen LogP contribution >= 0.6 is 0 Å². The van der Waals surface area contributed by atoms with E-state index in [-0.39, 0.29) is 11.9 Å². The topological polar surface area (TPSA) is 35.6 Å². The van der Waals surface area contributed by atoms with Gasteiger partial charge in [-0.1, -0.05) is 36.2 Å². The minimum absolute atomic E-state index is 0.0362. The fraction of sp³-hybridized carbons (Fsp3) is 0.667. The molecular weight excluding hydrogens is 310 g/mol. The zero-order chi connectivity index (χ0) is 17.6. The standard InChI is InChI=1S/C21H33N3O/c1-17-8-6-9-19(14-17)16-24-13-7-10-20(24)21(25)22-15-18(2)23-11-4-3-5-12-23/h6,8-9,14,18,20H,3-5,7,10-13,15-16H2,1-2H3,(H,22,25). The largest absolute Gasteiger partial charge is 0.353 e. The molecule has 2 saturated heterocycles. The molecule has 0 saturated carbocycles. The van der Waals surface area contributed by atoms with Crippen LogP contribution in [0.2, 0.25) is 0 Å². The Morgan fingerprint density at radius 2 is 2.00 bits per heavy atom. The van der Waals surface area contributed by atoms with Crippen molar-refractivity contribution in [2.75, 3.05) is 26.2 Å². The Morgan fingerprint density at radius 3 is 2.76 bits per heavy atom. The number of nitrogens with zero attached hydrogens (tertiary/aromatic N) is 2. The molecule has 2 aliphatic rings. The Labute approximate surface area is 152 Å². The van der Waals surface area contributed by atoms with Crippen molar-refractivity contribution in [2.24, 2.45) is 0 Å². The van der Waals surface area contributed by atoms with Gasteiger partial charge in [0.15, 0.2) is 0 Å². The molecule has 0 bridgehead atoms. The lowest BCUT2D eigenvalue weighted by atomic mass is 10.1. The maximum Gasteiger partial charge on any atom is 0.237 e. The van der Waals surface area contributed by atoms with E-state index < -0.39 is 0 Å².